The highest BCUT2D eigenvalue weighted by atomic mass is 16.5. The summed E-state index contributed by atoms with van der Waals surface area (Å²) < 4.78 is 17.2. The van der Waals surface area contributed by atoms with Gasteiger partial charge in [-0.2, -0.15) is 0 Å². The van der Waals surface area contributed by atoms with E-state index in [2.05, 4.69) is 34.6 Å². The van der Waals surface area contributed by atoms with Crippen LogP contribution in [0.2, 0.25) is 0 Å². The molecule has 3 atom stereocenters. The van der Waals surface area contributed by atoms with Crippen LogP contribution in [0, 0.1) is 17.8 Å². The second-order valence-corrected chi connectivity index (χ2v) is 7.02. The van der Waals surface area contributed by atoms with E-state index in [9.17, 15) is 0 Å². The summed E-state index contributed by atoms with van der Waals surface area (Å²) in [5, 5.41) is 0. The molecule has 3 unspecified atom stereocenters. The molecule has 1 saturated carbocycles. The van der Waals surface area contributed by atoms with Crippen LogP contribution in [0.3, 0.4) is 0 Å². The van der Waals surface area contributed by atoms with E-state index in [1.807, 2.05) is 0 Å². The van der Waals surface area contributed by atoms with Gasteiger partial charge in [-0.05, 0) is 44.4 Å². The second-order valence-electron chi connectivity index (χ2n) is 7.02. The van der Waals surface area contributed by atoms with Gasteiger partial charge in [-0.1, -0.05) is 33.6 Å². The normalized spacial score (nSPS) is 26.7. The molecular weight excluding hydrogens is 264 g/mol. The summed E-state index contributed by atoms with van der Waals surface area (Å²) in [7, 11) is 0. The molecule has 0 N–H and O–H groups in total. The molecule has 0 bridgehead atoms. The summed E-state index contributed by atoms with van der Waals surface area (Å²) in [4.78, 5) is 0. The molecule has 0 aromatic carbocycles. The highest BCUT2D eigenvalue weighted by Gasteiger charge is 2.33. The summed E-state index contributed by atoms with van der Waals surface area (Å²) in [6.45, 7) is 14.1. The zero-order valence-corrected chi connectivity index (χ0v) is 14.8. The Bertz CT molecular complexity index is 253. The SMILES string of the molecule is CC(C)OCCCOCCOC1CCCC(C)C1C(C)C. The molecule has 0 aromatic rings. The Kier molecular flexibility index (Phi) is 9.54. The van der Waals surface area contributed by atoms with Gasteiger partial charge < -0.3 is 14.2 Å². The predicted molar refractivity (Wildman–Crippen MR) is 87.6 cm³/mol. The Morgan fingerprint density at radius 2 is 1.71 bits per heavy atom. The standard InChI is InChI=1S/C18H36O3/c1-14(2)18-16(5)8-6-9-17(18)21-13-12-19-10-7-11-20-15(3)4/h14-18H,6-13H2,1-5H3. The molecule has 1 fully saturated rings. The monoisotopic (exact) mass is 300 g/mol. The summed E-state index contributed by atoms with van der Waals surface area (Å²) in [6.07, 6.45) is 5.59. The number of ether oxygens (including phenoxy) is 3. The van der Waals surface area contributed by atoms with Crippen LogP contribution in [-0.4, -0.2) is 38.6 Å². The van der Waals surface area contributed by atoms with E-state index < -0.39 is 0 Å². The summed E-state index contributed by atoms with van der Waals surface area (Å²) in [6, 6.07) is 0. The molecule has 0 spiro atoms. The Morgan fingerprint density at radius 3 is 2.38 bits per heavy atom. The Hall–Kier alpha value is -0.120. The molecule has 1 rings (SSSR count). The van der Waals surface area contributed by atoms with Gasteiger partial charge in [0.25, 0.3) is 0 Å². The first-order chi connectivity index (χ1) is 10.0. The van der Waals surface area contributed by atoms with Gasteiger partial charge in [0.05, 0.1) is 25.4 Å². The topological polar surface area (TPSA) is 27.7 Å². The van der Waals surface area contributed by atoms with E-state index in [0.717, 1.165) is 32.2 Å². The number of hydrogen-bond donors (Lipinski definition) is 0. The lowest BCUT2D eigenvalue weighted by atomic mass is 9.72. The van der Waals surface area contributed by atoms with Crippen LogP contribution in [0.5, 0.6) is 0 Å². The minimum absolute atomic E-state index is 0.314. The van der Waals surface area contributed by atoms with Crippen molar-refractivity contribution in [1.82, 2.24) is 0 Å². The smallest absolute Gasteiger partial charge is 0.0704 e. The Labute approximate surface area is 131 Å². The van der Waals surface area contributed by atoms with E-state index in [1.54, 1.807) is 0 Å². The van der Waals surface area contributed by atoms with Gasteiger partial charge >= 0.3 is 0 Å². The highest BCUT2D eigenvalue weighted by Crippen LogP contribution is 2.36. The van der Waals surface area contributed by atoms with Gasteiger partial charge in [0.15, 0.2) is 0 Å². The minimum atomic E-state index is 0.314. The van der Waals surface area contributed by atoms with Crippen molar-refractivity contribution in [2.45, 2.75) is 72.5 Å². The molecule has 1 aliphatic carbocycles. The van der Waals surface area contributed by atoms with Crippen LogP contribution < -0.4 is 0 Å². The van der Waals surface area contributed by atoms with Crippen molar-refractivity contribution in [3.8, 4) is 0 Å². The van der Waals surface area contributed by atoms with Crippen LogP contribution in [0.1, 0.15) is 60.3 Å². The summed E-state index contributed by atoms with van der Waals surface area (Å²) in [5.74, 6) is 2.20. The minimum Gasteiger partial charge on any atom is -0.379 e. The maximum Gasteiger partial charge on any atom is 0.0704 e. The largest absolute Gasteiger partial charge is 0.379 e. The molecule has 0 radical (unpaired) electrons. The van der Waals surface area contributed by atoms with E-state index in [-0.39, 0.29) is 0 Å². The van der Waals surface area contributed by atoms with Gasteiger partial charge in [0.2, 0.25) is 0 Å². The first-order valence-corrected chi connectivity index (χ1v) is 8.83. The molecule has 3 nitrogen and oxygen atoms in total. The van der Waals surface area contributed by atoms with Crippen molar-refractivity contribution in [3.05, 3.63) is 0 Å². The average molecular weight is 300 g/mol. The van der Waals surface area contributed by atoms with Crippen molar-refractivity contribution in [2.24, 2.45) is 17.8 Å². The zero-order chi connectivity index (χ0) is 15.7. The Balaban J connectivity index is 2.08. The second kappa shape index (κ2) is 10.6. The molecule has 0 aromatic heterocycles. The van der Waals surface area contributed by atoms with Crippen molar-refractivity contribution in [2.75, 3.05) is 26.4 Å². The lowest BCUT2D eigenvalue weighted by Crippen LogP contribution is -2.37. The fourth-order valence-electron chi connectivity index (χ4n) is 3.51. The molecule has 3 heteroatoms. The van der Waals surface area contributed by atoms with Crippen LogP contribution in [-0.2, 0) is 14.2 Å². The van der Waals surface area contributed by atoms with Crippen LogP contribution in [0.25, 0.3) is 0 Å². The van der Waals surface area contributed by atoms with Crippen LogP contribution >= 0.6 is 0 Å². The third kappa shape index (κ3) is 7.62. The van der Waals surface area contributed by atoms with E-state index in [1.165, 1.54) is 19.3 Å². The van der Waals surface area contributed by atoms with Gasteiger partial charge in [0.1, 0.15) is 0 Å². The molecule has 21 heavy (non-hydrogen) atoms. The van der Waals surface area contributed by atoms with Gasteiger partial charge in [-0.25, -0.2) is 0 Å². The molecule has 1 aliphatic rings. The zero-order valence-electron chi connectivity index (χ0n) is 14.8. The van der Waals surface area contributed by atoms with Gasteiger partial charge in [0, 0.05) is 13.2 Å². The van der Waals surface area contributed by atoms with Crippen LogP contribution in [0.15, 0.2) is 0 Å². The molecule has 0 aliphatic heterocycles. The van der Waals surface area contributed by atoms with Crippen molar-refractivity contribution in [1.29, 1.82) is 0 Å². The summed E-state index contributed by atoms with van der Waals surface area (Å²) >= 11 is 0. The third-order valence-corrected chi connectivity index (χ3v) is 4.45. The maximum atomic E-state index is 6.12. The quantitative estimate of drug-likeness (QED) is 0.563. The summed E-state index contributed by atoms with van der Waals surface area (Å²) in [5.41, 5.74) is 0. The van der Waals surface area contributed by atoms with E-state index in [0.29, 0.717) is 30.7 Å². The molecule has 0 saturated heterocycles. The first kappa shape index (κ1) is 18.9. The Morgan fingerprint density at radius 1 is 0.952 bits per heavy atom. The molecular formula is C18H36O3. The molecule has 0 heterocycles. The first-order valence-electron chi connectivity index (χ1n) is 8.83. The molecule has 0 amide bonds. The van der Waals surface area contributed by atoms with Crippen molar-refractivity contribution >= 4 is 0 Å². The third-order valence-electron chi connectivity index (χ3n) is 4.45. The predicted octanol–water partition coefficient (Wildman–Crippen LogP) is 4.30. The van der Waals surface area contributed by atoms with E-state index in [4.69, 9.17) is 14.2 Å². The number of hydrogen-bond acceptors (Lipinski definition) is 3. The van der Waals surface area contributed by atoms with Gasteiger partial charge in [-0.3, -0.25) is 0 Å². The number of rotatable bonds is 10. The lowest BCUT2D eigenvalue weighted by molar-refractivity contribution is -0.0658. The van der Waals surface area contributed by atoms with Gasteiger partial charge in [-0.15, -0.1) is 0 Å². The van der Waals surface area contributed by atoms with Crippen molar-refractivity contribution in [3.63, 3.8) is 0 Å². The fourth-order valence-corrected chi connectivity index (χ4v) is 3.51. The van der Waals surface area contributed by atoms with E-state index >= 15 is 0 Å². The highest BCUT2D eigenvalue weighted by molar-refractivity contribution is 4.82. The maximum absolute atomic E-state index is 6.12. The lowest BCUT2D eigenvalue weighted by Gasteiger charge is -2.39. The average Bonchev–Trinajstić information content (AvgIpc) is 2.41. The van der Waals surface area contributed by atoms with Crippen LogP contribution in [0.4, 0.5) is 0 Å². The van der Waals surface area contributed by atoms with Crippen molar-refractivity contribution < 1.29 is 14.2 Å². The molecule has 126 valence electrons. The fraction of sp³-hybridized carbons (Fsp3) is 1.00.